The summed E-state index contributed by atoms with van der Waals surface area (Å²) < 4.78 is 5.30. The molecule has 2 heterocycles. The minimum Gasteiger partial charge on any atom is -0.497 e. The molecule has 0 unspecified atom stereocenters. The lowest BCUT2D eigenvalue weighted by atomic mass is 10.1. The SMILES string of the molecule is COc1cccc(CN2CCN(c3nc(C(N)=O)cs3)C[C@H]2CCO)c1. The first-order valence-corrected chi connectivity index (χ1v) is 9.46. The molecule has 1 aromatic carbocycles. The van der Waals surface area contributed by atoms with E-state index in [1.54, 1.807) is 12.5 Å². The van der Waals surface area contributed by atoms with Crippen molar-refractivity contribution in [2.45, 2.75) is 19.0 Å². The van der Waals surface area contributed by atoms with Crippen LogP contribution in [-0.4, -0.2) is 60.3 Å². The summed E-state index contributed by atoms with van der Waals surface area (Å²) in [6.45, 7) is 3.37. The van der Waals surface area contributed by atoms with Gasteiger partial charge in [-0.2, -0.15) is 0 Å². The normalized spacial score (nSPS) is 18.1. The van der Waals surface area contributed by atoms with E-state index in [0.29, 0.717) is 12.1 Å². The van der Waals surface area contributed by atoms with Gasteiger partial charge in [-0.15, -0.1) is 11.3 Å². The van der Waals surface area contributed by atoms with Gasteiger partial charge >= 0.3 is 0 Å². The van der Waals surface area contributed by atoms with Crippen molar-refractivity contribution in [2.75, 3.05) is 38.3 Å². The Morgan fingerprint density at radius 2 is 2.31 bits per heavy atom. The van der Waals surface area contributed by atoms with E-state index < -0.39 is 5.91 Å². The molecule has 7 nitrogen and oxygen atoms in total. The average Bonchev–Trinajstić information content (AvgIpc) is 3.14. The van der Waals surface area contributed by atoms with Crippen LogP contribution < -0.4 is 15.4 Å². The lowest BCUT2D eigenvalue weighted by molar-refractivity contribution is 0.0996. The number of piperazine rings is 1. The van der Waals surface area contributed by atoms with E-state index in [1.165, 1.54) is 16.9 Å². The first-order valence-electron chi connectivity index (χ1n) is 8.59. The highest BCUT2D eigenvalue weighted by molar-refractivity contribution is 7.13. The summed E-state index contributed by atoms with van der Waals surface area (Å²) in [5, 5.41) is 12.0. The molecule has 1 fully saturated rings. The number of nitrogens with two attached hydrogens (primary N) is 1. The summed E-state index contributed by atoms with van der Waals surface area (Å²) in [6, 6.07) is 8.27. The standard InChI is InChI=1S/C18H24N4O3S/c1-25-15-4-2-3-13(9-15)10-21-6-7-22(11-14(21)5-8-23)18-20-16(12-26-18)17(19)24/h2-4,9,12,14,23H,5-8,10-11H2,1H3,(H2,19,24)/t14-/m1/s1. The van der Waals surface area contributed by atoms with Gasteiger partial charge in [-0.25, -0.2) is 4.98 Å². The van der Waals surface area contributed by atoms with Gasteiger partial charge in [-0.1, -0.05) is 12.1 Å². The number of nitrogens with zero attached hydrogens (tertiary/aromatic N) is 3. The summed E-state index contributed by atoms with van der Waals surface area (Å²) in [4.78, 5) is 20.1. The number of amides is 1. The summed E-state index contributed by atoms with van der Waals surface area (Å²) in [6.07, 6.45) is 0.689. The molecule has 3 rings (SSSR count). The zero-order valence-corrected chi connectivity index (χ0v) is 15.6. The molecule has 140 valence electrons. The van der Waals surface area contributed by atoms with Crippen LogP contribution in [0.2, 0.25) is 0 Å². The van der Waals surface area contributed by atoms with Gasteiger partial charge in [0, 0.05) is 44.2 Å². The molecule has 8 heteroatoms. The number of hydrogen-bond acceptors (Lipinski definition) is 7. The fourth-order valence-corrected chi connectivity index (χ4v) is 4.08. The highest BCUT2D eigenvalue weighted by atomic mass is 32.1. The zero-order valence-electron chi connectivity index (χ0n) is 14.8. The van der Waals surface area contributed by atoms with Crippen molar-refractivity contribution in [3.8, 4) is 5.75 Å². The van der Waals surface area contributed by atoms with Crippen LogP contribution in [0.1, 0.15) is 22.5 Å². The van der Waals surface area contributed by atoms with Gasteiger partial charge < -0.3 is 20.5 Å². The third-order valence-electron chi connectivity index (χ3n) is 4.60. The van der Waals surface area contributed by atoms with Crippen molar-refractivity contribution < 1.29 is 14.6 Å². The molecule has 0 bridgehead atoms. The first-order chi connectivity index (χ1) is 12.6. The second kappa shape index (κ2) is 8.48. The Balaban J connectivity index is 1.69. The molecule has 1 saturated heterocycles. The van der Waals surface area contributed by atoms with Gasteiger partial charge in [0.15, 0.2) is 5.13 Å². The molecule has 3 N–H and O–H groups in total. The summed E-state index contributed by atoms with van der Waals surface area (Å²) in [5.41, 5.74) is 6.79. The van der Waals surface area contributed by atoms with Crippen molar-refractivity contribution in [3.05, 3.63) is 40.9 Å². The van der Waals surface area contributed by atoms with Crippen molar-refractivity contribution in [1.82, 2.24) is 9.88 Å². The van der Waals surface area contributed by atoms with E-state index >= 15 is 0 Å². The molecule has 1 aromatic heterocycles. The number of methoxy groups -OCH3 is 1. The molecule has 0 spiro atoms. The van der Waals surface area contributed by atoms with E-state index in [2.05, 4.69) is 20.9 Å². The number of carbonyl (C=O) groups excluding carboxylic acids is 1. The number of aliphatic hydroxyl groups excluding tert-OH is 1. The number of benzene rings is 1. The lowest BCUT2D eigenvalue weighted by Crippen LogP contribution is -2.53. The number of hydrogen-bond donors (Lipinski definition) is 2. The molecule has 26 heavy (non-hydrogen) atoms. The molecule has 0 saturated carbocycles. The number of anilines is 1. The van der Waals surface area contributed by atoms with Crippen LogP contribution >= 0.6 is 11.3 Å². The Morgan fingerprint density at radius 3 is 3.00 bits per heavy atom. The number of carbonyl (C=O) groups is 1. The molecule has 1 aliphatic rings. The molecular formula is C18H24N4O3S. The molecule has 1 atom stereocenters. The maximum atomic E-state index is 11.3. The van der Waals surface area contributed by atoms with Gasteiger partial charge in [0.1, 0.15) is 11.4 Å². The fourth-order valence-electron chi connectivity index (χ4n) is 3.23. The third kappa shape index (κ3) is 4.32. The van der Waals surface area contributed by atoms with Gasteiger partial charge in [0.2, 0.25) is 0 Å². The number of thiazole rings is 1. The quantitative estimate of drug-likeness (QED) is 0.757. The monoisotopic (exact) mass is 376 g/mol. The number of rotatable bonds is 7. The Labute approximate surface area is 157 Å². The minimum atomic E-state index is -0.504. The average molecular weight is 376 g/mol. The van der Waals surface area contributed by atoms with E-state index in [0.717, 1.165) is 37.1 Å². The molecule has 0 aliphatic carbocycles. The topological polar surface area (TPSA) is 91.9 Å². The van der Waals surface area contributed by atoms with Crippen LogP contribution in [0.4, 0.5) is 5.13 Å². The van der Waals surface area contributed by atoms with Crippen molar-refractivity contribution in [2.24, 2.45) is 5.73 Å². The maximum absolute atomic E-state index is 11.3. The van der Waals surface area contributed by atoms with Crippen molar-refractivity contribution in [3.63, 3.8) is 0 Å². The van der Waals surface area contributed by atoms with Crippen LogP contribution in [0.25, 0.3) is 0 Å². The van der Waals surface area contributed by atoms with Crippen LogP contribution in [0.3, 0.4) is 0 Å². The second-order valence-corrected chi connectivity index (χ2v) is 7.15. The Hall–Kier alpha value is -2.16. The zero-order chi connectivity index (χ0) is 18.5. The van der Waals surface area contributed by atoms with E-state index in [9.17, 15) is 9.90 Å². The molecule has 1 amide bonds. The van der Waals surface area contributed by atoms with Crippen LogP contribution in [0.5, 0.6) is 5.75 Å². The molecular weight excluding hydrogens is 352 g/mol. The van der Waals surface area contributed by atoms with Gasteiger partial charge in [0.05, 0.1) is 7.11 Å². The fraction of sp³-hybridized carbons (Fsp3) is 0.444. The largest absolute Gasteiger partial charge is 0.497 e. The number of aliphatic hydroxyl groups is 1. The number of primary amides is 1. The molecule has 2 aromatic rings. The second-order valence-electron chi connectivity index (χ2n) is 6.31. The van der Waals surface area contributed by atoms with Crippen molar-refractivity contribution in [1.29, 1.82) is 0 Å². The number of aromatic nitrogens is 1. The smallest absolute Gasteiger partial charge is 0.268 e. The Bertz CT molecular complexity index is 752. The maximum Gasteiger partial charge on any atom is 0.268 e. The van der Waals surface area contributed by atoms with Crippen molar-refractivity contribution >= 4 is 22.4 Å². The minimum absolute atomic E-state index is 0.136. The predicted molar refractivity (Wildman–Crippen MR) is 102 cm³/mol. The summed E-state index contributed by atoms with van der Waals surface area (Å²) in [7, 11) is 1.67. The number of ether oxygens (including phenoxy) is 1. The Kier molecular flexibility index (Phi) is 6.08. The van der Waals surface area contributed by atoms with E-state index in [-0.39, 0.29) is 12.6 Å². The van der Waals surface area contributed by atoms with Crippen LogP contribution in [0, 0.1) is 0 Å². The van der Waals surface area contributed by atoms with Gasteiger partial charge in [-0.05, 0) is 24.1 Å². The van der Waals surface area contributed by atoms with E-state index in [1.807, 2.05) is 18.2 Å². The predicted octanol–water partition coefficient (Wildman–Crippen LogP) is 1.32. The third-order valence-corrected chi connectivity index (χ3v) is 5.50. The van der Waals surface area contributed by atoms with Crippen LogP contribution in [-0.2, 0) is 6.54 Å². The summed E-state index contributed by atoms with van der Waals surface area (Å²) in [5.74, 6) is 0.345. The summed E-state index contributed by atoms with van der Waals surface area (Å²) >= 11 is 1.43. The van der Waals surface area contributed by atoms with Crippen LogP contribution in [0.15, 0.2) is 29.6 Å². The highest BCUT2D eigenvalue weighted by Crippen LogP contribution is 2.26. The molecule has 0 radical (unpaired) electrons. The highest BCUT2D eigenvalue weighted by Gasteiger charge is 2.28. The Morgan fingerprint density at radius 1 is 1.46 bits per heavy atom. The van der Waals surface area contributed by atoms with E-state index in [4.69, 9.17) is 10.5 Å². The lowest BCUT2D eigenvalue weighted by Gasteiger charge is -2.41. The first kappa shape index (κ1) is 18.6. The van der Waals surface area contributed by atoms with Gasteiger partial charge in [-0.3, -0.25) is 9.69 Å². The van der Waals surface area contributed by atoms with Gasteiger partial charge in [0.25, 0.3) is 5.91 Å². The molecule has 1 aliphatic heterocycles.